The third-order valence-corrected chi connectivity index (χ3v) is 3.67. The molecule has 0 radical (unpaired) electrons. The van der Waals surface area contributed by atoms with Crippen molar-refractivity contribution in [1.29, 1.82) is 0 Å². The van der Waals surface area contributed by atoms with E-state index in [1.54, 1.807) is 23.0 Å². The van der Waals surface area contributed by atoms with Crippen LogP contribution in [0.2, 0.25) is 5.02 Å². The Bertz CT molecular complexity index is 939. The highest BCUT2D eigenvalue weighted by Crippen LogP contribution is 2.15. The number of aromatic nitrogens is 2. The Morgan fingerprint density at radius 2 is 2.00 bits per heavy atom. The van der Waals surface area contributed by atoms with Gasteiger partial charge in [0.1, 0.15) is 0 Å². The van der Waals surface area contributed by atoms with Gasteiger partial charge in [-0.15, -0.1) is 0 Å². The number of non-ortho nitro benzene ring substituents is 1. The molecule has 126 valence electrons. The van der Waals surface area contributed by atoms with Crippen molar-refractivity contribution in [3.63, 3.8) is 0 Å². The SMILES string of the molecule is O=C(Nc1ccn(Cc2cccc(Cl)c2)n1)c1cccc([N+](=O)[O-])c1. The number of hydrogen-bond donors (Lipinski definition) is 1. The van der Waals surface area contributed by atoms with Crippen molar-refractivity contribution in [3.8, 4) is 0 Å². The van der Waals surface area contributed by atoms with Crippen LogP contribution in [0.15, 0.2) is 60.8 Å². The number of anilines is 1. The largest absolute Gasteiger partial charge is 0.305 e. The maximum Gasteiger partial charge on any atom is 0.270 e. The first-order chi connectivity index (χ1) is 12.0. The molecule has 0 aliphatic carbocycles. The molecule has 3 aromatic rings. The van der Waals surface area contributed by atoms with Crippen molar-refractivity contribution in [2.45, 2.75) is 6.54 Å². The van der Waals surface area contributed by atoms with E-state index < -0.39 is 10.8 Å². The van der Waals surface area contributed by atoms with Gasteiger partial charge in [0.05, 0.1) is 11.5 Å². The number of nitrogens with one attached hydrogen (secondary N) is 1. The Balaban J connectivity index is 1.69. The van der Waals surface area contributed by atoms with Crippen LogP contribution in [0.5, 0.6) is 0 Å². The minimum Gasteiger partial charge on any atom is -0.305 e. The fourth-order valence-electron chi connectivity index (χ4n) is 2.29. The Labute approximate surface area is 148 Å². The highest BCUT2D eigenvalue weighted by molar-refractivity contribution is 6.30. The number of carbonyl (C=O) groups excluding carboxylic acids is 1. The van der Waals surface area contributed by atoms with Crippen molar-refractivity contribution in [2.24, 2.45) is 0 Å². The van der Waals surface area contributed by atoms with Crippen molar-refractivity contribution in [3.05, 3.63) is 87.1 Å². The minimum absolute atomic E-state index is 0.140. The number of carbonyl (C=O) groups is 1. The Morgan fingerprint density at radius 1 is 1.20 bits per heavy atom. The number of nitrogens with zero attached hydrogens (tertiary/aromatic N) is 3. The second-order valence-corrected chi connectivity index (χ2v) is 5.73. The lowest BCUT2D eigenvalue weighted by molar-refractivity contribution is -0.384. The zero-order valence-corrected chi connectivity index (χ0v) is 13.7. The van der Waals surface area contributed by atoms with Crippen LogP contribution in [-0.2, 0) is 6.54 Å². The summed E-state index contributed by atoms with van der Waals surface area (Å²) in [4.78, 5) is 22.4. The summed E-state index contributed by atoms with van der Waals surface area (Å²) in [5, 5.41) is 18.3. The van der Waals surface area contributed by atoms with Crippen LogP contribution in [0, 0.1) is 10.1 Å². The molecule has 1 N–H and O–H groups in total. The number of nitro groups is 1. The molecule has 0 saturated heterocycles. The van der Waals surface area contributed by atoms with Gasteiger partial charge in [-0.3, -0.25) is 19.6 Å². The zero-order valence-electron chi connectivity index (χ0n) is 12.9. The summed E-state index contributed by atoms with van der Waals surface area (Å²) in [6, 6.07) is 14.6. The van der Waals surface area contributed by atoms with Crippen LogP contribution in [0.3, 0.4) is 0 Å². The number of halogens is 1. The van der Waals surface area contributed by atoms with Gasteiger partial charge in [0.25, 0.3) is 11.6 Å². The van der Waals surface area contributed by atoms with E-state index in [0.29, 0.717) is 17.4 Å². The predicted octanol–water partition coefficient (Wildman–Crippen LogP) is 3.75. The van der Waals surface area contributed by atoms with Crippen LogP contribution in [0.1, 0.15) is 15.9 Å². The van der Waals surface area contributed by atoms with E-state index in [0.717, 1.165) is 5.56 Å². The van der Waals surface area contributed by atoms with Crippen LogP contribution in [0.4, 0.5) is 11.5 Å². The molecule has 0 fully saturated rings. The van der Waals surface area contributed by atoms with Gasteiger partial charge >= 0.3 is 0 Å². The third kappa shape index (κ3) is 4.21. The Morgan fingerprint density at radius 3 is 2.76 bits per heavy atom. The van der Waals surface area contributed by atoms with E-state index >= 15 is 0 Å². The summed E-state index contributed by atoms with van der Waals surface area (Å²) < 4.78 is 1.66. The molecule has 8 heteroatoms. The summed E-state index contributed by atoms with van der Waals surface area (Å²) in [7, 11) is 0. The predicted molar refractivity (Wildman–Crippen MR) is 93.8 cm³/mol. The first-order valence-electron chi connectivity index (χ1n) is 7.35. The highest BCUT2D eigenvalue weighted by atomic mass is 35.5. The molecule has 1 amide bonds. The molecule has 0 saturated carbocycles. The normalized spacial score (nSPS) is 10.4. The standard InChI is InChI=1S/C17H13ClN4O3/c18-14-5-1-3-12(9-14)11-21-8-7-16(20-21)19-17(23)13-4-2-6-15(10-13)22(24)25/h1-10H,11H2,(H,19,20,23). The van der Waals surface area contributed by atoms with Gasteiger partial charge in [-0.05, 0) is 23.8 Å². The van der Waals surface area contributed by atoms with Crippen LogP contribution in [-0.4, -0.2) is 20.6 Å². The molecular formula is C17H13ClN4O3. The summed E-state index contributed by atoms with van der Waals surface area (Å²) in [6.45, 7) is 0.507. The van der Waals surface area contributed by atoms with Crippen molar-refractivity contribution in [1.82, 2.24) is 9.78 Å². The number of benzene rings is 2. The molecule has 25 heavy (non-hydrogen) atoms. The topological polar surface area (TPSA) is 90.1 Å². The number of amides is 1. The van der Waals surface area contributed by atoms with Crippen molar-refractivity contribution < 1.29 is 9.72 Å². The van der Waals surface area contributed by atoms with E-state index in [4.69, 9.17) is 11.6 Å². The van der Waals surface area contributed by atoms with Gasteiger partial charge in [0.15, 0.2) is 5.82 Å². The molecular weight excluding hydrogens is 344 g/mol. The molecule has 0 spiro atoms. The second kappa shape index (κ2) is 7.14. The second-order valence-electron chi connectivity index (χ2n) is 5.29. The van der Waals surface area contributed by atoms with Crippen LogP contribution >= 0.6 is 11.6 Å². The maximum atomic E-state index is 12.2. The molecule has 3 rings (SSSR count). The Kier molecular flexibility index (Phi) is 4.76. The van der Waals surface area contributed by atoms with Gasteiger partial charge in [-0.2, -0.15) is 5.10 Å². The number of rotatable bonds is 5. The van der Waals surface area contributed by atoms with Gasteiger partial charge in [0, 0.05) is 35.0 Å². The molecule has 1 heterocycles. The smallest absolute Gasteiger partial charge is 0.270 e. The molecule has 7 nitrogen and oxygen atoms in total. The fourth-order valence-corrected chi connectivity index (χ4v) is 2.50. The van der Waals surface area contributed by atoms with E-state index in [1.807, 2.05) is 18.2 Å². The molecule has 0 aliphatic heterocycles. The third-order valence-electron chi connectivity index (χ3n) is 3.44. The fraction of sp³-hybridized carbons (Fsp3) is 0.0588. The van der Waals surface area contributed by atoms with Crippen molar-refractivity contribution >= 4 is 29.0 Å². The summed E-state index contributed by atoms with van der Waals surface area (Å²) >= 11 is 5.95. The average Bonchev–Trinajstić information content (AvgIpc) is 3.02. The monoisotopic (exact) mass is 356 g/mol. The van der Waals surface area contributed by atoms with E-state index in [1.165, 1.54) is 24.3 Å². The molecule has 0 unspecified atom stereocenters. The lowest BCUT2D eigenvalue weighted by Crippen LogP contribution is -2.13. The minimum atomic E-state index is -0.545. The van der Waals surface area contributed by atoms with Crippen molar-refractivity contribution in [2.75, 3.05) is 5.32 Å². The summed E-state index contributed by atoms with van der Waals surface area (Å²) in [5.74, 6) is -0.102. The van der Waals surface area contributed by atoms with Gasteiger partial charge < -0.3 is 5.32 Å². The van der Waals surface area contributed by atoms with Crippen LogP contribution < -0.4 is 5.32 Å². The summed E-state index contributed by atoms with van der Waals surface area (Å²) in [5.41, 5.74) is 1.03. The first kappa shape index (κ1) is 16.7. The molecule has 2 aromatic carbocycles. The first-order valence-corrected chi connectivity index (χ1v) is 7.73. The lowest BCUT2D eigenvalue weighted by atomic mass is 10.2. The number of hydrogen-bond acceptors (Lipinski definition) is 4. The molecule has 1 aromatic heterocycles. The molecule has 0 atom stereocenters. The van der Waals surface area contributed by atoms with Gasteiger partial charge in [-0.1, -0.05) is 29.8 Å². The quantitative estimate of drug-likeness (QED) is 0.557. The zero-order chi connectivity index (χ0) is 17.8. The lowest BCUT2D eigenvalue weighted by Gasteiger charge is -2.04. The molecule has 0 aliphatic rings. The van der Waals surface area contributed by atoms with E-state index in [2.05, 4.69) is 10.4 Å². The van der Waals surface area contributed by atoms with Crippen LogP contribution in [0.25, 0.3) is 0 Å². The van der Waals surface area contributed by atoms with Gasteiger partial charge in [-0.25, -0.2) is 0 Å². The average molecular weight is 357 g/mol. The van der Waals surface area contributed by atoms with E-state index in [-0.39, 0.29) is 11.3 Å². The maximum absolute atomic E-state index is 12.2. The van der Waals surface area contributed by atoms with Gasteiger partial charge in [0.2, 0.25) is 0 Å². The summed E-state index contributed by atoms with van der Waals surface area (Å²) in [6.07, 6.45) is 1.73. The molecule has 0 bridgehead atoms. The Hall–Kier alpha value is -3.19. The highest BCUT2D eigenvalue weighted by Gasteiger charge is 2.12. The van der Waals surface area contributed by atoms with E-state index in [9.17, 15) is 14.9 Å². The number of nitro benzene ring substituents is 1.